The van der Waals surface area contributed by atoms with Crippen LogP contribution in [0.2, 0.25) is 0 Å². The molecule has 0 fully saturated rings. The molecule has 2 aromatic rings. The molecule has 6 nitrogen and oxygen atoms in total. The number of benzene rings is 2. The highest BCUT2D eigenvalue weighted by Crippen LogP contribution is 2.11. The highest BCUT2D eigenvalue weighted by molar-refractivity contribution is 5.95. The molecular formula is C24H30FN3O3. The van der Waals surface area contributed by atoms with Gasteiger partial charge in [0.1, 0.15) is 5.82 Å². The molecule has 0 atom stereocenters. The summed E-state index contributed by atoms with van der Waals surface area (Å²) in [5.41, 5.74) is 2.40. The van der Waals surface area contributed by atoms with Gasteiger partial charge in [0.05, 0.1) is 13.1 Å². The van der Waals surface area contributed by atoms with Crippen LogP contribution in [0.15, 0.2) is 48.5 Å². The lowest BCUT2D eigenvalue weighted by Crippen LogP contribution is -2.42. The summed E-state index contributed by atoms with van der Waals surface area (Å²) in [6.45, 7) is 3.82. The van der Waals surface area contributed by atoms with Gasteiger partial charge in [-0.05, 0) is 48.7 Å². The van der Waals surface area contributed by atoms with Gasteiger partial charge in [0.25, 0.3) is 0 Å². The third-order valence-corrected chi connectivity index (χ3v) is 4.72. The second kappa shape index (κ2) is 12.5. The maximum Gasteiger partial charge on any atom is 0.243 e. The summed E-state index contributed by atoms with van der Waals surface area (Å²) >= 11 is 0. The molecule has 3 amide bonds. The average Bonchev–Trinajstić information content (AvgIpc) is 2.73. The Morgan fingerprint density at radius 2 is 1.74 bits per heavy atom. The summed E-state index contributed by atoms with van der Waals surface area (Å²) in [4.78, 5) is 38.6. The van der Waals surface area contributed by atoms with Gasteiger partial charge in [0, 0.05) is 18.7 Å². The van der Waals surface area contributed by atoms with Crippen LogP contribution in [-0.2, 0) is 20.9 Å². The lowest BCUT2D eigenvalue weighted by atomic mass is 10.1. The molecule has 0 unspecified atom stereocenters. The van der Waals surface area contributed by atoms with Crippen LogP contribution in [0, 0.1) is 12.7 Å². The van der Waals surface area contributed by atoms with Crippen LogP contribution in [0.5, 0.6) is 0 Å². The van der Waals surface area contributed by atoms with Crippen molar-refractivity contribution in [2.75, 3.05) is 18.4 Å². The minimum Gasteiger partial charge on any atom is -0.345 e. The fraction of sp³-hybridized carbons (Fsp3) is 0.375. The monoisotopic (exact) mass is 427 g/mol. The molecule has 0 aromatic heterocycles. The third-order valence-electron chi connectivity index (χ3n) is 4.72. The predicted molar refractivity (Wildman–Crippen MR) is 119 cm³/mol. The number of nitrogens with one attached hydrogen (secondary N) is 2. The summed E-state index contributed by atoms with van der Waals surface area (Å²) in [6.07, 6.45) is 3.01. The molecule has 0 heterocycles. The molecule has 0 aliphatic carbocycles. The van der Waals surface area contributed by atoms with Crippen molar-refractivity contribution in [2.24, 2.45) is 0 Å². The Morgan fingerprint density at radius 3 is 2.42 bits per heavy atom. The molecule has 0 saturated carbocycles. The van der Waals surface area contributed by atoms with E-state index in [9.17, 15) is 18.8 Å². The van der Waals surface area contributed by atoms with Crippen LogP contribution in [-0.4, -0.2) is 35.7 Å². The molecule has 0 aliphatic rings. The maximum absolute atomic E-state index is 13.2. The SMILES string of the molecule is CCCCCC(=O)N(CC(=O)NCC(=O)Nc1cccc(C)c1)Cc1ccc(F)cc1. The number of carbonyl (C=O) groups excluding carboxylic acids is 3. The van der Waals surface area contributed by atoms with Crippen LogP contribution in [0.4, 0.5) is 10.1 Å². The molecule has 0 aliphatic heterocycles. The Balaban J connectivity index is 1.91. The van der Waals surface area contributed by atoms with Crippen LogP contribution >= 0.6 is 0 Å². The molecule has 166 valence electrons. The number of hydrogen-bond acceptors (Lipinski definition) is 3. The second-order valence-electron chi connectivity index (χ2n) is 7.53. The smallest absolute Gasteiger partial charge is 0.243 e. The zero-order chi connectivity index (χ0) is 22.6. The zero-order valence-electron chi connectivity index (χ0n) is 18.1. The number of amides is 3. The molecule has 31 heavy (non-hydrogen) atoms. The van der Waals surface area contributed by atoms with Crippen molar-refractivity contribution in [3.8, 4) is 0 Å². The van der Waals surface area contributed by atoms with E-state index in [1.165, 1.54) is 17.0 Å². The highest BCUT2D eigenvalue weighted by Gasteiger charge is 2.18. The van der Waals surface area contributed by atoms with Gasteiger partial charge in [-0.2, -0.15) is 0 Å². The van der Waals surface area contributed by atoms with Crippen LogP contribution in [0.3, 0.4) is 0 Å². The highest BCUT2D eigenvalue weighted by atomic mass is 19.1. The first-order valence-corrected chi connectivity index (χ1v) is 10.5. The van der Waals surface area contributed by atoms with Crippen molar-refractivity contribution in [1.82, 2.24) is 10.2 Å². The summed E-state index contributed by atoms with van der Waals surface area (Å²) in [7, 11) is 0. The number of halogens is 1. The Hall–Kier alpha value is -3.22. The van der Waals surface area contributed by atoms with Crippen molar-refractivity contribution in [3.63, 3.8) is 0 Å². The number of unbranched alkanes of at least 4 members (excludes halogenated alkanes) is 2. The Morgan fingerprint density at radius 1 is 1.00 bits per heavy atom. The van der Waals surface area contributed by atoms with Crippen LogP contribution in [0.25, 0.3) is 0 Å². The standard InChI is InChI=1S/C24H30FN3O3/c1-3-4-5-9-24(31)28(16-19-10-12-20(25)13-11-19)17-23(30)26-15-22(29)27-21-8-6-7-18(2)14-21/h6-8,10-14H,3-5,9,15-17H2,1-2H3,(H,26,30)(H,27,29). The van der Waals surface area contributed by atoms with Gasteiger partial charge >= 0.3 is 0 Å². The summed E-state index contributed by atoms with van der Waals surface area (Å²) in [5, 5.41) is 5.28. The number of anilines is 1. The topological polar surface area (TPSA) is 78.5 Å². The van der Waals surface area contributed by atoms with Crippen LogP contribution < -0.4 is 10.6 Å². The minimum absolute atomic E-state index is 0.142. The summed E-state index contributed by atoms with van der Waals surface area (Å²) < 4.78 is 13.2. The molecule has 0 spiro atoms. The fourth-order valence-electron chi connectivity index (χ4n) is 3.06. The molecule has 2 aromatic carbocycles. The Bertz CT molecular complexity index is 884. The second-order valence-corrected chi connectivity index (χ2v) is 7.53. The van der Waals surface area contributed by atoms with Gasteiger partial charge in [-0.1, -0.05) is 44.0 Å². The van der Waals surface area contributed by atoms with Gasteiger partial charge in [0.2, 0.25) is 17.7 Å². The van der Waals surface area contributed by atoms with Gasteiger partial charge < -0.3 is 15.5 Å². The van der Waals surface area contributed by atoms with E-state index in [4.69, 9.17) is 0 Å². The van der Waals surface area contributed by atoms with Gasteiger partial charge in [0.15, 0.2) is 0 Å². The molecule has 2 N–H and O–H groups in total. The lowest BCUT2D eigenvalue weighted by molar-refractivity contribution is -0.137. The first-order chi connectivity index (χ1) is 14.9. The number of aryl methyl sites for hydroxylation is 1. The van der Waals surface area contributed by atoms with Gasteiger partial charge in [-0.3, -0.25) is 14.4 Å². The number of carbonyl (C=O) groups is 3. The zero-order valence-corrected chi connectivity index (χ0v) is 18.1. The molecule has 0 bridgehead atoms. The van der Waals surface area contributed by atoms with Crippen molar-refractivity contribution in [1.29, 1.82) is 0 Å². The van der Waals surface area contributed by atoms with Crippen molar-refractivity contribution in [2.45, 2.75) is 46.1 Å². The molecule has 7 heteroatoms. The Kier molecular flexibility index (Phi) is 9.68. The van der Waals surface area contributed by atoms with E-state index >= 15 is 0 Å². The van der Waals surface area contributed by atoms with Crippen LogP contribution in [0.1, 0.15) is 43.7 Å². The van der Waals surface area contributed by atoms with Gasteiger partial charge in [-0.25, -0.2) is 4.39 Å². The minimum atomic E-state index is -0.426. The quantitative estimate of drug-likeness (QED) is 0.536. The number of hydrogen-bond donors (Lipinski definition) is 2. The van der Waals surface area contributed by atoms with E-state index < -0.39 is 5.91 Å². The van der Waals surface area contributed by atoms with Gasteiger partial charge in [-0.15, -0.1) is 0 Å². The molecular weight excluding hydrogens is 397 g/mol. The number of nitrogens with zero attached hydrogens (tertiary/aromatic N) is 1. The van der Waals surface area contributed by atoms with Crippen molar-refractivity contribution in [3.05, 3.63) is 65.5 Å². The maximum atomic E-state index is 13.2. The molecule has 2 rings (SSSR count). The molecule has 0 saturated heterocycles. The van der Waals surface area contributed by atoms with E-state index in [0.29, 0.717) is 12.1 Å². The average molecular weight is 428 g/mol. The molecule has 0 radical (unpaired) electrons. The normalized spacial score (nSPS) is 10.4. The van der Waals surface area contributed by atoms with E-state index in [1.54, 1.807) is 18.2 Å². The third kappa shape index (κ3) is 8.99. The van der Waals surface area contributed by atoms with E-state index in [2.05, 4.69) is 17.6 Å². The predicted octanol–water partition coefficient (Wildman–Crippen LogP) is 3.80. The Labute approximate surface area is 182 Å². The first kappa shape index (κ1) is 24.1. The number of rotatable bonds is 11. The van der Waals surface area contributed by atoms with Crippen molar-refractivity contribution < 1.29 is 18.8 Å². The van der Waals surface area contributed by atoms with E-state index in [1.807, 2.05) is 25.1 Å². The summed E-state index contributed by atoms with van der Waals surface area (Å²) in [5.74, 6) is -1.28. The van der Waals surface area contributed by atoms with E-state index in [0.717, 1.165) is 30.4 Å². The first-order valence-electron chi connectivity index (χ1n) is 10.5. The lowest BCUT2D eigenvalue weighted by Gasteiger charge is -2.22. The summed E-state index contributed by atoms with van der Waals surface area (Å²) in [6, 6.07) is 13.2. The largest absolute Gasteiger partial charge is 0.345 e. The van der Waals surface area contributed by atoms with Crippen molar-refractivity contribution >= 4 is 23.4 Å². The van der Waals surface area contributed by atoms with E-state index in [-0.39, 0.29) is 37.3 Å². The fourth-order valence-corrected chi connectivity index (χ4v) is 3.06.